The fraction of sp³-hybridized carbons (Fsp3) is 0.423. The lowest BCUT2D eigenvalue weighted by Crippen LogP contribution is -2.54. The number of hydrogen-bond acceptors (Lipinski definition) is 10. The number of nitrogens with one attached hydrogen (secondary N) is 2. The summed E-state index contributed by atoms with van der Waals surface area (Å²) in [6.07, 6.45) is 2.70. The van der Waals surface area contributed by atoms with Crippen molar-refractivity contribution in [1.29, 1.82) is 0 Å². The summed E-state index contributed by atoms with van der Waals surface area (Å²) in [5.41, 5.74) is 1.80. The standard InChI is InChI=1S/C26H27ClN8O3S/c1-13-31-34-25(38-13)15-4-6-17(28-23(36)21-9-14-3-5-16(27)11-19(14)32-33-21)20(10-15)29-24(37)26-30-18-7-8-35(2)12-22(18)39-26/h3,5,9,11,15,17,20H,4,6-8,10,12H2,1-2H3,(H,28,36)(H,29,37). The second-order valence-electron chi connectivity index (χ2n) is 10.1. The number of aromatic nitrogens is 5. The summed E-state index contributed by atoms with van der Waals surface area (Å²) in [7, 11) is 2.06. The maximum atomic E-state index is 13.4. The van der Waals surface area contributed by atoms with Crippen molar-refractivity contribution in [3.63, 3.8) is 0 Å². The summed E-state index contributed by atoms with van der Waals surface area (Å²) in [6.45, 7) is 3.46. The first-order chi connectivity index (χ1) is 18.8. The van der Waals surface area contributed by atoms with Gasteiger partial charge in [0.1, 0.15) is 0 Å². The van der Waals surface area contributed by atoms with Crippen molar-refractivity contribution in [2.45, 2.75) is 57.2 Å². The molecule has 3 aromatic heterocycles. The van der Waals surface area contributed by atoms with E-state index in [-0.39, 0.29) is 35.5 Å². The molecule has 1 aliphatic heterocycles. The van der Waals surface area contributed by atoms with Crippen LogP contribution in [0.1, 0.15) is 67.8 Å². The van der Waals surface area contributed by atoms with E-state index in [9.17, 15) is 9.59 Å². The van der Waals surface area contributed by atoms with E-state index in [1.807, 2.05) is 0 Å². The molecule has 1 saturated carbocycles. The van der Waals surface area contributed by atoms with Gasteiger partial charge in [0.05, 0.1) is 17.3 Å². The fourth-order valence-corrected chi connectivity index (χ4v) is 6.47. The molecular weight excluding hydrogens is 540 g/mol. The Labute approximate surface area is 233 Å². The molecule has 2 N–H and O–H groups in total. The van der Waals surface area contributed by atoms with Gasteiger partial charge in [-0.05, 0) is 44.5 Å². The van der Waals surface area contributed by atoms with Crippen LogP contribution in [0, 0.1) is 6.92 Å². The highest BCUT2D eigenvalue weighted by Gasteiger charge is 2.36. The van der Waals surface area contributed by atoms with Gasteiger partial charge >= 0.3 is 0 Å². The molecule has 3 unspecified atom stereocenters. The minimum atomic E-state index is -0.372. The van der Waals surface area contributed by atoms with Gasteiger partial charge in [-0.2, -0.15) is 0 Å². The quantitative estimate of drug-likeness (QED) is 0.372. The zero-order valence-electron chi connectivity index (χ0n) is 21.5. The smallest absolute Gasteiger partial charge is 0.280 e. The molecule has 1 fully saturated rings. The number of thiazole rings is 1. The van der Waals surface area contributed by atoms with Crippen LogP contribution < -0.4 is 10.6 Å². The number of aryl methyl sites for hydroxylation is 1. The average Bonchev–Trinajstić information content (AvgIpc) is 3.55. The van der Waals surface area contributed by atoms with Gasteiger partial charge in [0.15, 0.2) is 10.7 Å². The van der Waals surface area contributed by atoms with Crippen molar-refractivity contribution in [2.75, 3.05) is 13.6 Å². The molecule has 0 saturated heterocycles. The van der Waals surface area contributed by atoms with Crippen LogP contribution in [0.2, 0.25) is 5.02 Å². The van der Waals surface area contributed by atoms with Gasteiger partial charge in [-0.25, -0.2) is 4.98 Å². The molecule has 4 heterocycles. The number of fused-ring (bicyclic) bond motifs is 2. The van der Waals surface area contributed by atoms with Gasteiger partial charge in [-0.15, -0.1) is 31.7 Å². The van der Waals surface area contributed by atoms with Crippen molar-refractivity contribution in [1.82, 2.24) is 40.9 Å². The normalized spacial score (nSPS) is 21.5. The third-order valence-corrected chi connectivity index (χ3v) is 8.59. The lowest BCUT2D eigenvalue weighted by molar-refractivity contribution is 0.0850. The topological polar surface area (TPSA) is 139 Å². The minimum Gasteiger partial charge on any atom is -0.425 e. The van der Waals surface area contributed by atoms with Crippen LogP contribution >= 0.6 is 22.9 Å². The summed E-state index contributed by atoms with van der Waals surface area (Å²) in [5, 5.41) is 24.4. The Morgan fingerprint density at radius 3 is 2.74 bits per heavy atom. The monoisotopic (exact) mass is 566 g/mol. The van der Waals surface area contributed by atoms with Crippen LogP contribution in [0.4, 0.5) is 0 Å². The summed E-state index contributed by atoms with van der Waals surface area (Å²) in [6, 6.07) is 6.23. The molecule has 11 nitrogen and oxygen atoms in total. The summed E-state index contributed by atoms with van der Waals surface area (Å²) >= 11 is 7.47. The molecule has 39 heavy (non-hydrogen) atoms. The number of nitrogens with zero attached hydrogens (tertiary/aromatic N) is 6. The number of carbonyl (C=O) groups excluding carboxylic acids is 2. The van der Waals surface area contributed by atoms with Gasteiger partial charge < -0.3 is 20.0 Å². The first kappa shape index (κ1) is 25.8. The lowest BCUT2D eigenvalue weighted by atomic mass is 9.82. The van der Waals surface area contributed by atoms with Crippen molar-refractivity contribution in [2.24, 2.45) is 0 Å². The lowest BCUT2D eigenvalue weighted by Gasteiger charge is -2.35. The summed E-state index contributed by atoms with van der Waals surface area (Å²) in [5.74, 6) is 0.404. The highest BCUT2D eigenvalue weighted by Crippen LogP contribution is 2.33. The highest BCUT2D eigenvalue weighted by molar-refractivity contribution is 7.13. The number of benzene rings is 1. The molecule has 202 valence electrons. The van der Waals surface area contributed by atoms with Crippen molar-refractivity contribution in [3.05, 3.63) is 62.3 Å². The Hall–Kier alpha value is -3.48. The number of amides is 2. The second kappa shape index (κ2) is 10.6. The van der Waals surface area contributed by atoms with Gasteiger partial charge in [-0.3, -0.25) is 9.59 Å². The van der Waals surface area contributed by atoms with E-state index in [1.54, 1.807) is 31.2 Å². The molecule has 1 aromatic carbocycles. The van der Waals surface area contributed by atoms with Crippen LogP contribution in [-0.2, 0) is 13.0 Å². The van der Waals surface area contributed by atoms with Crippen molar-refractivity contribution < 1.29 is 14.0 Å². The molecule has 4 aromatic rings. The second-order valence-corrected chi connectivity index (χ2v) is 11.7. The van der Waals surface area contributed by atoms with Crippen LogP contribution in [0.5, 0.6) is 0 Å². The third-order valence-electron chi connectivity index (χ3n) is 7.27. The Morgan fingerprint density at radius 2 is 1.92 bits per heavy atom. The van der Waals surface area contributed by atoms with Crippen LogP contribution in [-0.4, -0.2) is 67.8 Å². The maximum Gasteiger partial charge on any atom is 0.280 e. The highest BCUT2D eigenvalue weighted by atomic mass is 35.5. The molecule has 0 bridgehead atoms. The van der Waals surface area contributed by atoms with Crippen LogP contribution in [0.25, 0.3) is 10.9 Å². The molecule has 0 spiro atoms. The Morgan fingerprint density at radius 1 is 1.08 bits per heavy atom. The van der Waals surface area contributed by atoms with E-state index in [0.717, 1.165) is 41.9 Å². The van der Waals surface area contributed by atoms with Gasteiger partial charge in [-0.1, -0.05) is 17.7 Å². The maximum absolute atomic E-state index is 13.4. The molecule has 2 amide bonds. The predicted octanol–water partition coefficient (Wildman–Crippen LogP) is 3.28. The van der Waals surface area contributed by atoms with Crippen LogP contribution in [0.15, 0.2) is 28.7 Å². The molecule has 3 atom stereocenters. The molecule has 6 rings (SSSR count). The fourth-order valence-electron chi connectivity index (χ4n) is 5.22. The van der Waals surface area contributed by atoms with Gasteiger partial charge in [0, 0.05) is 53.7 Å². The number of halogens is 1. The Balaban J connectivity index is 1.21. The Kier molecular flexibility index (Phi) is 7.00. The number of hydrogen-bond donors (Lipinski definition) is 2. The van der Waals surface area contributed by atoms with Crippen LogP contribution in [0.3, 0.4) is 0 Å². The van der Waals surface area contributed by atoms with Crippen molar-refractivity contribution in [3.8, 4) is 0 Å². The molecule has 2 aliphatic rings. The largest absolute Gasteiger partial charge is 0.425 e. The number of carbonyl (C=O) groups is 2. The predicted molar refractivity (Wildman–Crippen MR) is 145 cm³/mol. The summed E-state index contributed by atoms with van der Waals surface area (Å²) in [4.78, 5) is 34.6. The van der Waals surface area contributed by atoms with E-state index in [0.29, 0.717) is 40.2 Å². The Bertz CT molecular complexity index is 1560. The van der Waals surface area contributed by atoms with Crippen molar-refractivity contribution >= 4 is 45.7 Å². The molecule has 13 heteroatoms. The molecule has 0 radical (unpaired) electrons. The molecule has 1 aliphatic carbocycles. The zero-order valence-corrected chi connectivity index (χ0v) is 23.1. The SMILES string of the molecule is Cc1nnc(C2CCC(NC(=O)c3cc4ccc(Cl)cc4nn3)C(NC(=O)c3nc4c(s3)CN(C)CC4)C2)o1. The minimum absolute atomic E-state index is 0.0342. The first-order valence-electron chi connectivity index (χ1n) is 12.8. The van der Waals surface area contributed by atoms with E-state index in [2.05, 4.69) is 48.0 Å². The van der Waals surface area contributed by atoms with E-state index >= 15 is 0 Å². The van der Waals surface area contributed by atoms with E-state index in [1.165, 1.54) is 11.3 Å². The third kappa shape index (κ3) is 5.49. The molecular formula is C26H27ClN8O3S. The number of likely N-dealkylation sites (N-methyl/N-ethyl adjacent to an activating group) is 1. The summed E-state index contributed by atoms with van der Waals surface area (Å²) < 4.78 is 5.70. The number of rotatable bonds is 5. The average molecular weight is 567 g/mol. The van der Waals surface area contributed by atoms with E-state index < -0.39 is 0 Å². The first-order valence-corrected chi connectivity index (χ1v) is 14.0. The zero-order chi connectivity index (χ0) is 27.1. The van der Waals surface area contributed by atoms with Gasteiger partial charge in [0.25, 0.3) is 11.8 Å². The van der Waals surface area contributed by atoms with Gasteiger partial charge in [0.2, 0.25) is 11.8 Å². The van der Waals surface area contributed by atoms with E-state index in [4.69, 9.17) is 16.0 Å².